The second-order valence-electron chi connectivity index (χ2n) is 6.22. The highest BCUT2D eigenvalue weighted by atomic mass is 32.2. The largest absolute Gasteiger partial charge is 0.494 e. The van der Waals surface area contributed by atoms with Crippen LogP contribution in [0.2, 0.25) is 0 Å². The third-order valence-corrected chi connectivity index (χ3v) is 5.30. The van der Waals surface area contributed by atoms with Crippen LogP contribution in [0, 0.1) is 0 Å². The first-order valence-electron chi connectivity index (χ1n) is 8.82. The summed E-state index contributed by atoms with van der Waals surface area (Å²) in [6.07, 6.45) is 2.83. The van der Waals surface area contributed by atoms with Gasteiger partial charge in [-0.3, -0.25) is 9.59 Å². The monoisotopic (exact) mass is 373 g/mol. The molecule has 1 saturated heterocycles. The number of piperazine rings is 1. The van der Waals surface area contributed by atoms with Gasteiger partial charge in [0, 0.05) is 33.1 Å². The van der Waals surface area contributed by atoms with Crippen LogP contribution in [-0.4, -0.2) is 59.6 Å². The van der Waals surface area contributed by atoms with E-state index in [0.717, 1.165) is 22.9 Å². The summed E-state index contributed by atoms with van der Waals surface area (Å²) in [6.45, 7) is 7.09. The van der Waals surface area contributed by atoms with Crippen molar-refractivity contribution in [1.82, 2.24) is 9.80 Å². The molecule has 2 aliphatic heterocycles. The Morgan fingerprint density at radius 1 is 1.23 bits per heavy atom. The number of carbonyl (C=O) groups is 2. The highest BCUT2D eigenvalue weighted by Gasteiger charge is 2.28. The predicted molar refractivity (Wildman–Crippen MR) is 104 cm³/mol. The molecule has 0 saturated carbocycles. The molecule has 0 spiro atoms. The van der Waals surface area contributed by atoms with Crippen LogP contribution in [0.4, 0.5) is 0 Å². The zero-order valence-corrected chi connectivity index (χ0v) is 15.9. The number of thioether (sulfide) groups is 1. The van der Waals surface area contributed by atoms with Crippen LogP contribution in [-0.2, 0) is 9.59 Å². The molecule has 0 bridgehead atoms. The summed E-state index contributed by atoms with van der Waals surface area (Å²) in [5, 5.41) is 0.729. The van der Waals surface area contributed by atoms with Gasteiger partial charge in [0.25, 0.3) is 5.91 Å². The predicted octanol–water partition coefficient (Wildman–Crippen LogP) is 2.61. The van der Waals surface area contributed by atoms with Crippen molar-refractivity contribution in [2.45, 2.75) is 20.3 Å². The lowest BCUT2D eigenvalue weighted by molar-refractivity contribution is -0.130. The van der Waals surface area contributed by atoms with E-state index >= 15 is 0 Å². The Kier molecular flexibility index (Phi) is 5.98. The van der Waals surface area contributed by atoms with Crippen LogP contribution in [0.15, 0.2) is 34.2 Å². The van der Waals surface area contributed by atoms with Crippen molar-refractivity contribution in [3.05, 3.63) is 34.7 Å². The third kappa shape index (κ3) is 4.46. The van der Waals surface area contributed by atoms with Gasteiger partial charge >= 0.3 is 0 Å². The Morgan fingerprint density at radius 2 is 1.92 bits per heavy atom. The van der Waals surface area contributed by atoms with E-state index < -0.39 is 0 Å². The van der Waals surface area contributed by atoms with E-state index in [1.54, 1.807) is 6.92 Å². The smallest absolute Gasteiger partial charge is 0.286 e. The molecule has 0 N–H and O–H groups in total. The lowest BCUT2D eigenvalue weighted by Crippen LogP contribution is -2.49. The molecule has 2 heterocycles. The number of amides is 2. The molecule has 138 valence electrons. The van der Waals surface area contributed by atoms with Gasteiger partial charge in [0.05, 0.1) is 11.5 Å². The Bertz CT molecular complexity index is 735. The highest BCUT2D eigenvalue weighted by molar-refractivity contribution is 8.18. The first-order valence-corrected chi connectivity index (χ1v) is 9.64. The van der Waals surface area contributed by atoms with Gasteiger partial charge in [-0.2, -0.15) is 4.99 Å². The molecule has 3 rings (SSSR count). The van der Waals surface area contributed by atoms with Gasteiger partial charge in [-0.25, -0.2) is 0 Å². The molecule has 1 aromatic rings. The Hall–Kier alpha value is -2.28. The summed E-state index contributed by atoms with van der Waals surface area (Å²) >= 11 is 1.40. The van der Waals surface area contributed by atoms with Gasteiger partial charge in [-0.05, 0) is 42.0 Å². The van der Waals surface area contributed by atoms with Gasteiger partial charge in [0.15, 0.2) is 5.17 Å². The van der Waals surface area contributed by atoms with Crippen LogP contribution >= 0.6 is 11.8 Å². The van der Waals surface area contributed by atoms with Crippen LogP contribution in [0.1, 0.15) is 25.8 Å². The molecule has 26 heavy (non-hydrogen) atoms. The lowest BCUT2D eigenvalue weighted by Gasteiger charge is -2.34. The van der Waals surface area contributed by atoms with Crippen molar-refractivity contribution >= 4 is 34.8 Å². The van der Waals surface area contributed by atoms with E-state index in [0.29, 0.717) is 37.7 Å². The van der Waals surface area contributed by atoms with Gasteiger partial charge < -0.3 is 14.5 Å². The molecule has 0 aliphatic carbocycles. The van der Waals surface area contributed by atoms with Gasteiger partial charge in [0.1, 0.15) is 5.75 Å². The molecule has 0 unspecified atom stereocenters. The van der Waals surface area contributed by atoms with Crippen molar-refractivity contribution in [2.24, 2.45) is 4.99 Å². The van der Waals surface area contributed by atoms with Crippen molar-refractivity contribution < 1.29 is 14.3 Å². The normalized spacial score (nSPS) is 19.1. The molecule has 0 atom stereocenters. The second kappa shape index (κ2) is 8.40. The maximum Gasteiger partial charge on any atom is 0.286 e. The third-order valence-electron chi connectivity index (χ3n) is 4.26. The van der Waals surface area contributed by atoms with Crippen LogP contribution in [0.5, 0.6) is 5.75 Å². The highest BCUT2D eigenvalue weighted by Crippen LogP contribution is 2.31. The number of carbonyl (C=O) groups excluding carboxylic acids is 2. The topological polar surface area (TPSA) is 62.2 Å². The number of nitrogens with zero attached hydrogens (tertiary/aromatic N) is 3. The maximum atomic E-state index is 12.2. The van der Waals surface area contributed by atoms with Crippen molar-refractivity contribution in [2.75, 3.05) is 32.8 Å². The van der Waals surface area contributed by atoms with Crippen LogP contribution in [0.25, 0.3) is 6.08 Å². The molecular formula is C19H23N3O3S. The number of benzene rings is 1. The number of amidine groups is 1. The van der Waals surface area contributed by atoms with Gasteiger partial charge in [0.2, 0.25) is 5.91 Å². The number of rotatable bonds is 4. The first-order chi connectivity index (χ1) is 12.6. The minimum Gasteiger partial charge on any atom is -0.494 e. The quantitative estimate of drug-likeness (QED) is 0.759. The maximum absolute atomic E-state index is 12.2. The lowest BCUT2D eigenvalue weighted by atomic mass is 10.2. The zero-order chi connectivity index (χ0) is 18.5. The second-order valence-corrected chi connectivity index (χ2v) is 7.23. The molecule has 2 amide bonds. The Morgan fingerprint density at radius 3 is 2.54 bits per heavy atom. The van der Waals surface area contributed by atoms with E-state index in [2.05, 4.69) is 16.8 Å². The van der Waals surface area contributed by atoms with Crippen LogP contribution in [0.3, 0.4) is 0 Å². The summed E-state index contributed by atoms with van der Waals surface area (Å²) in [7, 11) is 0. The Balaban J connectivity index is 1.61. The molecule has 2 aliphatic rings. The van der Waals surface area contributed by atoms with Gasteiger partial charge in [-0.1, -0.05) is 19.1 Å². The Labute approximate surface area is 157 Å². The van der Waals surface area contributed by atoms with Crippen molar-refractivity contribution in [1.29, 1.82) is 0 Å². The fraction of sp³-hybridized carbons (Fsp3) is 0.421. The number of aliphatic imine (C=N–C) groups is 1. The molecule has 1 aromatic carbocycles. The molecule has 6 nitrogen and oxygen atoms in total. The molecule has 7 heteroatoms. The van der Waals surface area contributed by atoms with Crippen molar-refractivity contribution in [3.63, 3.8) is 0 Å². The molecular weight excluding hydrogens is 350 g/mol. The number of ether oxygens (including phenoxy) is 1. The van der Waals surface area contributed by atoms with Gasteiger partial charge in [-0.15, -0.1) is 0 Å². The number of hydrogen-bond donors (Lipinski definition) is 0. The van der Waals surface area contributed by atoms with E-state index in [1.807, 2.05) is 35.2 Å². The molecule has 1 fully saturated rings. The van der Waals surface area contributed by atoms with E-state index in [1.165, 1.54) is 11.8 Å². The molecule has 0 radical (unpaired) electrons. The zero-order valence-electron chi connectivity index (χ0n) is 15.1. The summed E-state index contributed by atoms with van der Waals surface area (Å²) in [5.74, 6) is 0.721. The van der Waals surface area contributed by atoms with E-state index in [-0.39, 0.29) is 11.8 Å². The minimum absolute atomic E-state index is 0.0914. The summed E-state index contributed by atoms with van der Waals surface area (Å²) in [4.78, 5) is 32.3. The fourth-order valence-electron chi connectivity index (χ4n) is 2.78. The first kappa shape index (κ1) is 18.5. The number of hydrogen-bond acceptors (Lipinski definition) is 5. The van der Waals surface area contributed by atoms with E-state index in [4.69, 9.17) is 4.74 Å². The summed E-state index contributed by atoms with van der Waals surface area (Å²) < 4.78 is 5.57. The standard InChI is InChI=1S/C19H23N3O3S/c1-3-12-25-16-6-4-15(5-7-16)13-17-18(24)20-19(26-17)22-10-8-21(9-11-22)14(2)23/h4-7,13H,3,8-12H2,1-2H3. The average molecular weight is 373 g/mol. The molecule has 0 aromatic heterocycles. The summed E-state index contributed by atoms with van der Waals surface area (Å²) in [5.41, 5.74) is 0.947. The fourth-order valence-corrected chi connectivity index (χ4v) is 3.74. The minimum atomic E-state index is -0.203. The summed E-state index contributed by atoms with van der Waals surface area (Å²) in [6, 6.07) is 7.70. The van der Waals surface area contributed by atoms with E-state index in [9.17, 15) is 9.59 Å². The van der Waals surface area contributed by atoms with Crippen LogP contribution < -0.4 is 4.74 Å². The van der Waals surface area contributed by atoms with Crippen molar-refractivity contribution in [3.8, 4) is 5.75 Å². The average Bonchev–Trinajstić information content (AvgIpc) is 3.02. The SMILES string of the molecule is CCCOc1ccc(C=C2SC(N3CCN(C(C)=O)CC3)=NC2=O)cc1.